The van der Waals surface area contributed by atoms with E-state index in [1.54, 1.807) is 0 Å². The Morgan fingerprint density at radius 1 is 1.17 bits per heavy atom. The molecule has 0 aromatic carbocycles. The molecule has 1 rings (SSSR count). The van der Waals surface area contributed by atoms with Crippen molar-refractivity contribution in [3.05, 3.63) is 0 Å². The Kier molecular flexibility index (Phi) is 12.6. The van der Waals surface area contributed by atoms with Gasteiger partial charge < -0.3 is 24.4 Å². The van der Waals surface area contributed by atoms with Crippen LogP contribution in [0, 0.1) is 0 Å². The van der Waals surface area contributed by atoms with Gasteiger partial charge in [0.2, 0.25) is 0 Å². The number of aliphatic carboxylic acids is 1. The number of ether oxygens (including phenoxy) is 1. The molecular formula is C16H35NO5Si. The molecule has 0 aromatic rings. The second-order valence-corrected chi connectivity index (χ2v) is 8.98. The van der Waals surface area contributed by atoms with Crippen molar-refractivity contribution in [2.45, 2.75) is 77.6 Å². The van der Waals surface area contributed by atoms with Crippen LogP contribution in [0.2, 0.25) is 6.04 Å². The summed E-state index contributed by atoms with van der Waals surface area (Å²) in [6, 6.07) is 0.923. The molecule has 1 aliphatic rings. The summed E-state index contributed by atoms with van der Waals surface area (Å²) in [5, 5.41) is 8.14. The first-order chi connectivity index (χ1) is 11.0. The molecule has 23 heavy (non-hydrogen) atoms. The maximum Gasteiger partial charge on any atom is 0.368 e. The van der Waals surface area contributed by atoms with E-state index in [0.717, 1.165) is 38.7 Å². The van der Waals surface area contributed by atoms with Crippen LogP contribution in [0.15, 0.2) is 0 Å². The van der Waals surface area contributed by atoms with Gasteiger partial charge in [0, 0.05) is 25.9 Å². The molecule has 0 saturated carbocycles. The van der Waals surface area contributed by atoms with E-state index in [4.69, 9.17) is 24.4 Å². The van der Waals surface area contributed by atoms with E-state index < -0.39 is 14.5 Å². The molecule has 0 aliphatic carbocycles. The van der Waals surface area contributed by atoms with Gasteiger partial charge in [-0.15, -0.1) is 0 Å². The zero-order valence-electron chi connectivity index (χ0n) is 15.2. The second kappa shape index (κ2) is 12.9. The van der Waals surface area contributed by atoms with Crippen molar-refractivity contribution >= 4 is 14.5 Å². The average molecular weight is 350 g/mol. The molecule has 2 atom stereocenters. The minimum atomic E-state index is -2.06. The van der Waals surface area contributed by atoms with Crippen molar-refractivity contribution in [1.29, 1.82) is 0 Å². The van der Waals surface area contributed by atoms with Gasteiger partial charge in [0.15, 0.2) is 0 Å². The van der Waals surface area contributed by atoms with Crippen LogP contribution < -0.4 is 5.73 Å². The molecular weight excluding hydrogens is 314 g/mol. The number of hydrogen-bond acceptors (Lipinski definition) is 5. The predicted octanol–water partition coefficient (Wildman–Crippen LogP) is 2.83. The van der Waals surface area contributed by atoms with E-state index in [0.29, 0.717) is 0 Å². The van der Waals surface area contributed by atoms with Crippen molar-refractivity contribution in [3.8, 4) is 0 Å². The summed E-state index contributed by atoms with van der Waals surface area (Å²) in [6.45, 7) is 10.3. The third kappa shape index (κ3) is 8.81. The minimum Gasteiger partial charge on any atom is -0.481 e. The van der Waals surface area contributed by atoms with E-state index in [1.807, 2.05) is 27.7 Å². The SMILES string of the molecule is CCC(N)CC(=O)O.CCOC1CCCC[Si]1(OCC)OCC. The molecule has 0 radical (unpaired) electrons. The monoisotopic (exact) mass is 349 g/mol. The largest absolute Gasteiger partial charge is 0.481 e. The standard InChI is InChI=1S/C11H24O3Si.C5H11NO2/c1-4-12-11-9-7-8-10-15(11,13-5-2)14-6-3;1-2-4(6)3-5(7)8/h11H,4-10H2,1-3H3;4H,2-3,6H2,1H3,(H,7,8). The van der Waals surface area contributed by atoms with E-state index in [2.05, 4.69) is 0 Å². The summed E-state index contributed by atoms with van der Waals surface area (Å²) in [4.78, 5) is 9.89. The first-order valence-electron chi connectivity index (χ1n) is 8.82. The van der Waals surface area contributed by atoms with E-state index >= 15 is 0 Å². The summed E-state index contributed by atoms with van der Waals surface area (Å²) in [6.07, 6.45) is 4.40. The van der Waals surface area contributed by atoms with E-state index in [-0.39, 0.29) is 18.2 Å². The lowest BCUT2D eigenvalue weighted by Gasteiger charge is -2.39. The molecule has 0 aromatic heterocycles. The van der Waals surface area contributed by atoms with Crippen LogP contribution in [0.5, 0.6) is 0 Å². The Balaban J connectivity index is 0.000000515. The molecule has 7 heteroatoms. The van der Waals surface area contributed by atoms with Crippen molar-refractivity contribution in [3.63, 3.8) is 0 Å². The number of carboxylic acids is 1. The van der Waals surface area contributed by atoms with Crippen LogP contribution >= 0.6 is 0 Å². The molecule has 138 valence electrons. The summed E-state index contributed by atoms with van der Waals surface area (Å²) < 4.78 is 17.8. The number of hydrogen-bond donors (Lipinski definition) is 2. The molecule has 3 N–H and O–H groups in total. The maximum absolute atomic E-state index is 9.89. The smallest absolute Gasteiger partial charge is 0.368 e. The van der Waals surface area contributed by atoms with Gasteiger partial charge in [-0.2, -0.15) is 0 Å². The fourth-order valence-corrected chi connectivity index (χ4v) is 6.57. The Labute approximate surface area is 141 Å². The van der Waals surface area contributed by atoms with Crippen LogP contribution in [0.3, 0.4) is 0 Å². The molecule has 1 aliphatic heterocycles. The zero-order chi connectivity index (χ0) is 17.7. The average Bonchev–Trinajstić information content (AvgIpc) is 2.50. The first-order valence-corrected chi connectivity index (χ1v) is 10.9. The molecule has 0 spiro atoms. The van der Waals surface area contributed by atoms with Gasteiger partial charge in [-0.25, -0.2) is 0 Å². The van der Waals surface area contributed by atoms with Gasteiger partial charge in [0.05, 0.1) is 6.42 Å². The van der Waals surface area contributed by atoms with Crippen LogP contribution in [-0.2, 0) is 18.4 Å². The Morgan fingerprint density at radius 2 is 1.78 bits per heavy atom. The van der Waals surface area contributed by atoms with Crippen molar-refractivity contribution in [2.75, 3.05) is 19.8 Å². The highest BCUT2D eigenvalue weighted by atomic mass is 28.4. The van der Waals surface area contributed by atoms with Crippen molar-refractivity contribution in [2.24, 2.45) is 5.73 Å². The van der Waals surface area contributed by atoms with Crippen LogP contribution in [0.1, 0.15) is 59.8 Å². The zero-order valence-corrected chi connectivity index (χ0v) is 16.2. The summed E-state index contributed by atoms with van der Waals surface area (Å²) in [7, 11) is -2.06. The Morgan fingerprint density at radius 3 is 2.17 bits per heavy atom. The normalized spacial score (nSPS) is 21.2. The predicted molar refractivity (Wildman–Crippen MR) is 93.6 cm³/mol. The van der Waals surface area contributed by atoms with Crippen molar-refractivity contribution < 1.29 is 23.5 Å². The van der Waals surface area contributed by atoms with Gasteiger partial charge >= 0.3 is 14.5 Å². The summed E-state index contributed by atoms with van der Waals surface area (Å²) in [5.41, 5.74) is 5.54. The highest BCUT2D eigenvalue weighted by Crippen LogP contribution is 2.32. The molecule has 1 saturated heterocycles. The Hall–Kier alpha value is -0.473. The molecule has 0 bridgehead atoms. The molecule has 0 amide bonds. The fraction of sp³-hybridized carbons (Fsp3) is 0.938. The summed E-state index contributed by atoms with van der Waals surface area (Å²) in [5.74, 6) is -0.820. The lowest BCUT2D eigenvalue weighted by molar-refractivity contribution is -0.137. The first kappa shape index (κ1) is 22.5. The Bertz CT molecular complexity index is 303. The molecule has 2 unspecified atom stereocenters. The topological polar surface area (TPSA) is 91.0 Å². The van der Waals surface area contributed by atoms with Crippen LogP contribution in [0.25, 0.3) is 0 Å². The highest BCUT2D eigenvalue weighted by Gasteiger charge is 2.48. The molecule has 1 heterocycles. The van der Waals surface area contributed by atoms with Crippen LogP contribution in [-0.4, -0.2) is 51.2 Å². The van der Waals surface area contributed by atoms with Gasteiger partial charge in [-0.1, -0.05) is 19.8 Å². The van der Waals surface area contributed by atoms with E-state index in [9.17, 15) is 4.79 Å². The summed E-state index contributed by atoms with van der Waals surface area (Å²) >= 11 is 0. The van der Waals surface area contributed by atoms with Gasteiger partial charge in [0.1, 0.15) is 5.73 Å². The second-order valence-electron chi connectivity index (χ2n) is 5.63. The number of rotatable bonds is 9. The lowest BCUT2D eigenvalue weighted by atomic mass is 10.2. The molecule has 6 nitrogen and oxygen atoms in total. The number of carboxylic acid groups (broad SMARTS) is 1. The van der Waals surface area contributed by atoms with Gasteiger partial charge in [0.25, 0.3) is 0 Å². The number of nitrogens with two attached hydrogens (primary N) is 1. The van der Waals surface area contributed by atoms with E-state index in [1.165, 1.54) is 12.8 Å². The third-order valence-corrected chi connectivity index (χ3v) is 7.88. The maximum atomic E-state index is 9.89. The fourth-order valence-electron chi connectivity index (χ4n) is 2.72. The molecule has 1 fully saturated rings. The quantitative estimate of drug-likeness (QED) is 0.622. The van der Waals surface area contributed by atoms with Gasteiger partial charge in [-0.3, -0.25) is 4.79 Å². The third-order valence-electron chi connectivity index (χ3n) is 3.84. The van der Waals surface area contributed by atoms with Crippen LogP contribution in [0.4, 0.5) is 0 Å². The minimum absolute atomic E-state index is 0.0799. The highest BCUT2D eigenvalue weighted by molar-refractivity contribution is 6.69. The van der Waals surface area contributed by atoms with Gasteiger partial charge in [-0.05, 0) is 39.7 Å². The van der Waals surface area contributed by atoms with Crippen molar-refractivity contribution in [1.82, 2.24) is 0 Å². The lowest BCUT2D eigenvalue weighted by Crippen LogP contribution is -2.56. The number of carbonyl (C=O) groups is 1.